The van der Waals surface area contributed by atoms with Crippen molar-refractivity contribution in [1.29, 1.82) is 0 Å². The van der Waals surface area contributed by atoms with Gasteiger partial charge >= 0.3 is 0 Å². The van der Waals surface area contributed by atoms with E-state index in [1.54, 1.807) is 0 Å². The van der Waals surface area contributed by atoms with Gasteiger partial charge in [-0.15, -0.1) is 45.3 Å². The fourth-order valence-electron chi connectivity index (χ4n) is 11.2. The molecule has 0 spiro atoms. The number of hydrogen-bond donors (Lipinski definition) is 0. The maximum atomic E-state index is 2.69. The highest BCUT2D eigenvalue weighted by Gasteiger charge is 2.48. The lowest BCUT2D eigenvalue weighted by atomic mass is 9.39. The molecule has 4 aromatic heterocycles. The monoisotopic (exact) mass is 963 g/mol. The largest absolute Gasteiger partial charge is 0.310 e. The SMILES string of the molecule is c1ccc(-c2c(N3c4cc(N(c5ccccc5)c5ccccc5)cc5c4B(c4sc6ccccc6c43)c3sc4ccccc4c3N5c3sc4ccccc4c3-c3ccccc3)sc3ccccc23)cc1. The third kappa shape index (κ3) is 5.98. The van der Waals surface area contributed by atoms with Crippen molar-refractivity contribution in [3.63, 3.8) is 0 Å². The van der Waals surface area contributed by atoms with E-state index in [-0.39, 0.29) is 6.71 Å². The highest BCUT2D eigenvalue weighted by atomic mass is 32.1. The third-order valence-electron chi connectivity index (χ3n) is 14.0. The Labute approximate surface area is 421 Å². The lowest BCUT2D eigenvalue weighted by Crippen LogP contribution is -2.59. The van der Waals surface area contributed by atoms with Crippen LogP contribution in [-0.4, -0.2) is 6.71 Å². The van der Waals surface area contributed by atoms with Crippen molar-refractivity contribution in [3.05, 3.63) is 231 Å². The normalized spacial score (nSPS) is 12.8. The molecule has 0 radical (unpaired) electrons. The molecule has 0 saturated carbocycles. The van der Waals surface area contributed by atoms with E-state index < -0.39 is 0 Å². The topological polar surface area (TPSA) is 9.72 Å². The molecule has 0 saturated heterocycles. The van der Waals surface area contributed by atoms with Crippen LogP contribution < -0.4 is 29.7 Å². The van der Waals surface area contributed by atoms with Gasteiger partial charge in [0.1, 0.15) is 10.0 Å². The maximum absolute atomic E-state index is 2.69. The van der Waals surface area contributed by atoms with Crippen LogP contribution >= 0.6 is 45.3 Å². The highest BCUT2D eigenvalue weighted by Crippen LogP contribution is 2.58. The van der Waals surface area contributed by atoms with Crippen LogP contribution in [0.15, 0.2) is 231 Å². The fraction of sp³-hybridized carbons (Fsp3) is 0. The van der Waals surface area contributed by atoms with Crippen LogP contribution in [0.1, 0.15) is 0 Å². The van der Waals surface area contributed by atoms with E-state index in [9.17, 15) is 0 Å². The van der Waals surface area contributed by atoms with Gasteiger partial charge in [-0.3, -0.25) is 0 Å². The Bertz CT molecular complexity index is 3890. The van der Waals surface area contributed by atoms with E-state index in [1.807, 2.05) is 45.3 Å². The maximum Gasteiger partial charge on any atom is 0.277 e. The van der Waals surface area contributed by atoms with Crippen molar-refractivity contribution in [1.82, 2.24) is 0 Å². The molecule has 13 aromatic rings. The van der Waals surface area contributed by atoms with Gasteiger partial charge in [-0.25, -0.2) is 0 Å². The third-order valence-corrected chi connectivity index (χ3v) is 18.8. The summed E-state index contributed by atoms with van der Waals surface area (Å²) in [6.45, 7) is -0.0163. The molecule has 0 bridgehead atoms. The molecule has 0 aliphatic carbocycles. The second kappa shape index (κ2) is 15.9. The Morgan fingerprint density at radius 3 is 1.09 bits per heavy atom. The minimum Gasteiger partial charge on any atom is -0.310 e. The lowest BCUT2D eigenvalue weighted by Gasteiger charge is -2.43. The van der Waals surface area contributed by atoms with Gasteiger partial charge in [0, 0.05) is 83.8 Å². The zero-order chi connectivity index (χ0) is 45.9. The summed E-state index contributed by atoms with van der Waals surface area (Å²) in [7, 11) is 0. The summed E-state index contributed by atoms with van der Waals surface area (Å²) in [5.41, 5.74) is 14.5. The number of thiophene rings is 4. The van der Waals surface area contributed by atoms with Gasteiger partial charge in [-0.05, 0) is 77.3 Å². The molecular weight excluding hydrogens is 926 g/mol. The number of hydrogen-bond acceptors (Lipinski definition) is 7. The number of anilines is 9. The molecule has 8 heteroatoms. The average molecular weight is 964 g/mol. The molecule has 15 rings (SSSR count). The van der Waals surface area contributed by atoms with Crippen LogP contribution in [0.5, 0.6) is 0 Å². The first kappa shape index (κ1) is 40.2. The number of fused-ring (bicyclic) bond motifs is 10. The fourth-order valence-corrected chi connectivity index (χ4v) is 16.3. The van der Waals surface area contributed by atoms with Crippen molar-refractivity contribution >= 4 is 157 Å². The van der Waals surface area contributed by atoms with Crippen molar-refractivity contribution in [3.8, 4) is 22.3 Å². The predicted octanol–water partition coefficient (Wildman–Crippen LogP) is 17.4. The quantitative estimate of drug-likeness (QED) is 0.147. The van der Waals surface area contributed by atoms with E-state index in [0.29, 0.717) is 0 Å². The minimum absolute atomic E-state index is 0.0163. The molecule has 2 aliphatic rings. The molecule has 0 amide bonds. The first-order chi connectivity index (χ1) is 34.8. The Morgan fingerprint density at radius 1 is 0.329 bits per heavy atom. The standard InChI is InChI=1S/C62H38BN3S4/c1-5-21-39(22-6-1)54-44-29-13-17-33-50(44)69-61(54)65-48-37-43(64(41-25-9-3-10-26-41)42-27-11-4-12-28-42)38-49-56(48)63(59-57(65)46-31-15-19-35-52(46)67-59)60-58(47-32-16-20-36-53(47)68-60)66(49)62-55(40-23-7-2-8-24-40)45-30-14-18-34-51(45)70-62/h1-38H. The second-order valence-corrected chi connectivity index (χ2v) is 22.1. The van der Waals surface area contributed by atoms with Gasteiger partial charge in [0.15, 0.2) is 0 Å². The van der Waals surface area contributed by atoms with Gasteiger partial charge in [0.2, 0.25) is 0 Å². The summed E-state index contributed by atoms with van der Waals surface area (Å²) in [5, 5.41) is 7.54. The highest BCUT2D eigenvalue weighted by molar-refractivity contribution is 7.41. The summed E-state index contributed by atoms with van der Waals surface area (Å²) in [6.07, 6.45) is 0. The van der Waals surface area contributed by atoms with Crippen LogP contribution in [0.2, 0.25) is 0 Å². The zero-order valence-electron chi connectivity index (χ0n) is 37.5. The van der Waals surface area contributed by atoms with Crippen LogP contribution in [0.25, 0.3) is 62.6 Å². The van der Waals surface area contributed by atoms with E-state index in [1.165, 1.54) is 110 Å². The van der Waals surface area contributed by atoms with Crippen molar-refractivity contribution in [2.24, 2.45) is 0 Å². The van der Waals surface area contributed by atoms with Crippen LogP contribution in [0, 0.1) is 0 Å². The average Bonchev–Trinajstić information content (AvgIpc) is 4.21. The Balaban J connectivity index is 1.14. The molecule has 70 heavy (non-hydrogen) atoms. The number of para-hydroxylation sites is 2. The Morgan fingerprint density at radius 2 is 0.671 bits per heavy atom. The van der Waals surface area contributed by atoms with Gasteiger partial charge in [-0.2, -0.15) is 0 Å². The molecular formula is C62H38BN3S4. The van der Waals surface area contributed by atoms with Crippen molar-refractivity contribution < 1.29 is 0 Å². The second-order valence-electron chi connectivity index (χ2n) is 17.9. The summed E-state index contributed by atoms with van der Waals surface area (Å²) in [5.74, 6) is 0. The number of benzene rings is 9. The molecule has 328 valence electrons. The van der Waals surface area contributed by atoms with Crippen LogP contribution in [-0.2, 0) is 0 Å². The predicted molar refractivity (Wildman–Crippen MR) is 308 cm³/mol. The smallest absolute Gasteiger partial charge is 0.277 e. The Hall–Kier alpha value is -7.72. The number of rotatable bonds is 7. The first-order valence-electron chi connectivity index (χ1n) is 23.6. The molecule has 2 aliphatic heterocycles. The molecule has 6 heterocycles. The van der Waals surface area contributed by atoms with Gasteiger partial charge in [0.25, 0.3) is 6.71 Å². The van der Waals surface area contributed by atoms with Crippen molar-refractivity contribution in [2.75, 3.05) is 14.7 Å². The van der Waals surface area contributed by atoms with E-state index in [4.69, 9.17) is 0 Å². The van der Waals surface area contributed by atoms with Gasteiger partial charge in [0.05, 0.1) is 17.1 Å². The van der Waals surface area contributed by atoms with Crippen molar-refractivity contribution in [2.45, 2.75) is 0 Å². The first-order valence-corrected chi connectivity index (χ1v) is 26.9. The Kier molecular flexibility index (Phi) is 9.14. The molecule has 3 nitrogen and oxygen atoms in total. The molecule has 0 fully saturated rings. The van der Waals surface area contributed by atoms with E-state index >= 15 is 0 Å². The summed E-state index contributed by atoms with van der Waals surface area (Å²) >= 11 is 7.74. The molecule has 0 unspecified atom stereocenters. The van der Waals surface area contributed by atoms with E-state index in [0.717, 1.165) is 17.1 Å². The lowest BCUT2D eigenvalue weighted by molar-refractivity contribution is 1.25. The van der Waals surface area contributed by atoms with Crippen LogP contribution in [0.4, 0.5) is 49.8 Å². The summed E-state index contributed by atoms with van der Waals surface area (Å²) in [6, 6.07) is 85.2. The summed E-state index contributed by atoms with van der Waals surface area (Å²) in [4.78, 5) is 7.83. The van der Waals surface area contributed by atoms with Gasteiger partial charge in [-0.1, -0.05) is 170 Å². The number of nitrogens with zero attached hydrogens (tertiary/aromatic N) is 3. The molecule has 0 atom stereocenters. The molecule has 9 aromatic carbocycles. The van der Waals surface area contributed by atoms with Gasteiger partial charge < -0.3 is 14.7 Å². The summed E-state index contributed by atoms with van der Waals surface area (Å²) < 4.78 is 7.90. The van der Waals surface area contributed by atoms with Crippen LogP contribution in [0.3, 0.4) is 0 Å². The van der Waals surface area contributed by atoms with E-state index in [2.05, 4.69) is 245 Å². The minimum atomic E-state index is -0.0163. The zero-order valence-corrected chi connectivity index (χ0v) is 40.8. The molecule has 0 N–H and O–H groups in total.